The van der Waals surface area contributed by atoms with Gasteiger partial charge in [-0.25, -0.2) is 4.79 Å². The first-order valence-corrected chi connectivity index (χ1v) is 7.04. The van der Waals surface area contributed by atoms with Gasteiger partial charge in [0, 0.05) is 12.2 Å². The van der Waals surface area contributed by atoms with Gasteiger partial charge in [-0.05, 0) is 44.5 Å². The lowest BCUT2D eigenvalue weighted by Crippen LogP contribution is -2.22. The maximum absolute atomic E-state index is 11.7. The zero-order chi connectivity index (χ0) is 14.4. The molecule has 20 heavy (non-hydrogen) atoms. The summed E-state index contributed by atoms with van der Waals surface area (Å²) in [6, 6.07) is 5.19. The predicted octanol–water partition coefficient (Wildman–Crippen LogP) is 1.92. The first kappa shape index (κ1) is 14.7. The van der Waals surface area contributed by atoms with Crippen LogP contribution in [0.15, 0.2) is 18.2 Å². The largest absolute Gasteiger partial charge is 0.493 e. The maximum atomic E-state index is 11.7. The molecular formula is C15H22N2O3. The summed E-state index contributed by atoms with van der Waals surface area (Å²) in [7, 11) is 1.34. The standard InChI is InChI=1S/C15H22N2O3/c1-19-15(18)14-12(16)6-4-7-13(14)20-11-5-10-17-8-2-3-9-17/h4,6-7H,2-3,5,8-11,16H2,1H3. The minimum Gasteiger partial charge on any atom is -0.493 e. The van der Waals surface area contributed by atoms with Crippen molar-refractivity contribution in [2.24, 2.45) is 0 Å². The third-order valence-electron chi connectivity index (χ3n) is 3.52. The fraction of sp³-hybridized carbons (Fsp3) is 0.533. The number of anilines is 1. The molecule has 0 amide bonds. The van der Waals surface area contributed by atoms with E-state index in [2.05, 4.69) is 4.90 Å². The van der Waals surface area contributed by atoms with Crippen LogP contribution in [0.5, 0.6) is 5.75 Å². The van der Waals surface area contributed by atoms with Crippen LogP contribution in [0.3, 0.4) is 0 Å². The van der Waals surface area contributed by atoms with Crippen molar-refractivity contribution in [3.8, 4) is 5.75 Å². The minimum absolute atomic E-state index is 0.316. The molecule has 2 rings (SSSR count). The van der Waals surface area contributed by atoms with Crippen molar-refractivity contribution in [1.29, 1.82) is 0 Å². The molecule has 0 bridgehead atoms. The number of hydrogen-bond acceptors (Lipinski definition) is 5. The third-order valence-corrected chi connectivity index (χ3v) is 3.52. The van der Waals surface area contributed by atoms with Gasteiger partial charge in [0.1, 0.15) is 11.3 Å². The van der Waals surface area contributed by atoms with Crippen LogP contribution in [-0.2, 0) is 4.74 Å². The number of nitrogens with zero attached hydrogens (tertiary/aromatic N) is 1. The molecule has 0 unspecified atom stereocenters. The molecule has 2 N–H and O–H groups in total. The molecule has 110 valence electrons. The summed E-state index contributed by atoms with van der Waals surface area (Å²) in [6.45, 7) is 3.98. The molecule has 1 heterocycles. The van der Waals surface area contributed by atoms with Crippen molar-refractivity contribution >= 4 is 11.7 Å². The van der Waals surface area contributed by atoms with Gasteiger partial charge in [-0.3, -0.25) is 0 Å². The van der Waals surface area contributed by atoms with E-state index in [4.69, 9.17) is 15.2 Å². The Bertz CT molecular complexity index is 456. The lowest BCUT2D eigenvalue weighted by molar-refractivity contribution is 0.0597. The Kier molecular flexibility index (Phi) is 5.24. The fourth-order valence-electron chi connectivity index (χ4n) is 2.47. The van der Waals surface area contributed by atoms with E-state index in [-0.39, 0.29) is 0 Å². The van der Waals surface area contributed by atoms with Crippen LogP contribution in [-0.4, -0.2) is 44.2 Å². The number of esters is 1. The quantitative estimate of drug-likeness (QED) is 0.489. The smallest absolute Gasteiger partial charge is 0.343 e. The first-order valence-electron chi connectivity index (χ1n) is 7.04. The van der Waals surface area contributed by atoms with E-state index in [1.807, 2.05) is 0 Å². The molecular weight excluding hydrogens is 256 g/mol. The minimum atomic E-state index is -0.461. The average molecular weight is 278 g/mol. The van der Waals surface area contributed by atoms with Gasteiger partial charge >= 0.3 is 5.97 Å². The van der Waals surface area contributed by atoms with E-state index in [9.17, 15) is 4.79 Å². The van der Waals surface area contributed by atoms with Gasteiger partial charge in [-0.15, -0.1) is 0 Å². The Morgan fingerprint density at radius 2 is 2.10 bits per heavy atom. The van der Waals surface area contributed by atoms with Crippen LogP contribution >= 0.6 is 0 Å². The van der Waals surface area contributed by atoms with Crippen LogP contribution in [0.2, 0.25) is 0 Å². The van der Waals surface area contributed by atoms with Crippen molar-refractivity contribution in [3.63, 3.8) is 0 Å². The van der Waals surface area contributed by atoms with E-state index in [0.29, 0.717) is 23.6 Å². The van der Waals surface area contributed by atoms with Crippen LogP contribution in [0.25, 0.3) is 0 Å². The van der Waals surface area contributed by atoms with Crippen LogP contribution in [0.4, 0.5) is 5.69 Å². The number of likely N-dealkylation sites (tertiary alicyclic amines) is 1. The number of methoxy groups -OCH3 is 1. The number of benzene rings is 1. The molecule has 5 heteroatoms. The monoisotopic (exact) mass is 278 g/mol. The SMILES string of the molecule is COC(=O)c1c(N)cccc1OCCCN1CCCC1. The zero-order valence-electron chi connectivity index (χ0n) is 11.9. The number of rotatable bonds is 6. The lowest BCUT2D eigenvalue weighted by atomic mass is 10.1. The van der Waals surface area contributed by atoms with Crippen molar-refractivity contribution in [1.82, 2.24) is 4.90 Å². The summed E-state index contributed by atoms with van der Waals surface area (Å²) in [6.07, 6.45) is 3.53. The fourth-order valence-corrected chi connectivity index (χ4v) is 2.47. The van der Waals surface area contributed by atoms with Crippen molar-refractivity contribution in [2.45, 2.75) is 19.3 Å². The highest BCUT2D eigenvalue weighted by molar-refractivity contribution is 5.98. The van der Waals surface area contributed by atoms with E-state index in [1.54, 1.807) is 18.2 Å². The second kappa shape index (κ2) is 7.14. The Morgan fingerprint density at radius 3 is 2.80 bits per heavy atom. The lowest BCUT2D eigenvalue weighted by Gasteiger charge is -2.15. The Balaban J connectivity index is 1.88. The summed E-state index contributed by atoms with van der Waals surface area (Å²) in [5, 5.41) is 0. The second-order valence-corrected chi connectivity index (χ2v) is 4.96. The van der Waals surface area contributed by atoms with E-state index in [0.717, 1.165) is 13.0 Å². The molecule has 1 aliphatic rings. The predicted molar refractivity (Wildman–Crippen MR) is 78.0 cm³/mol. The number of nitrogens with two attached hydrogens (primary N) is 1. The van der Waals surface area contributed by atoms with Gasteiger partial charge < -0.3 is 20.1 Å². The van der Waals surface area contributed by atoms with Crippen molar-refractivity contribution < 1.29 is 14.3 Å². The van der Waals surface area contributed by atoms with E-state index < -0.39 is 5.97 Å². The van der Waals surface area contributed by atoms with E-state index in [1.165, 1.54) is 33.0 Å². The Labute approximate surface area is 119 Å². The topological polar surface area (TPSA) is 64.8 Å². The molecule has 0 saturated carbocycles. The van der Waals surface area contributed by atoms with Gasteiger partial charge in [0.15, 0.2) is 0 Å². The summed E-state index contributed by atoms with van der Waals surface area (Å²) in [4.78, 5) is 14.1. The molecule has 0 radical (unpaired) electrons. The first-order chi connectivity index (χ1) is 9.72. The number of ether oxygens (including phenoxy) is 2. The molecule has 0 aliphatic carbocycles. The van der Waals surface area contributed by atoms with Crippen LogP contribution < -0.4 is 10.5 Å². The van der Waals surface area contributed by atoms with E-state index >= 15 is 0 Å². The molecule has 0 spiro atoms. The summed E-state index contributed by atoms with van der Waals surface area (Å²) >= 11 is 0. The van der Waals surface area contributed by atoms with Crippen LogP contribution in [0.1, 0.15) is 29.6 Å². The third kappa shape index (κ3) is 3.63. The van der Waals surface area contributed by atoms with Gasteiger partial charge in [-0.1, -0.05) is 6.07 Å². The molecule has 0 atom stereocenters. The van der Waals surface area contributed by atoms with Crippen molar-refractivity contribution in [2.75, 3.05) is 39.1 Å². The molecule has 1 aliphatic heterocycles. The van der Waals surface area contributed by atoms with Gasteiger partial charge in [0.25, 0.3) is 0 Å². The highest BCUT2D eigenvalue weighted by Gasteiger charge is 2.17. The second-order valence-electron chi connectivity index (χ2n) is 4.96. The summed E-state index contributed by atoms with van der Waals surface area (Å²) in [5.74, 6) is 0.0379. The van der Waals surface area contributed by atoms with Gasteiger partial charge in [0.05, 0.1) is 13.7 Å². The van der Waals surface area contributed by atoms with Gasteiger partial charge in [0.2, 0.25) is 0 Å². The number of carbonyl (C=O) groups is 1. The molecule has 1 aromatic rings. The number of nitrogen functional groups attached to an aromatic ring is 1. The number of carbonyl (C=O) groups excluding carboxylic acids is 1. The maximum Gasteiger partial charge on any atom is 0.343 e. The molecule has 0 aromatic heterocycles. The highest BCUT2D eigenvalue weighted by atomic mass is 16.5. The Morgan fingerprint density at radius 1 is 1.35 bits per heavy atom. The normalized spacial score (nSPS) is 15.2. The number of hydrogen-bond donors (Lipinski definition) is 1. The molecule has 1 saturated heterocycles. The van der Waals surface area contributed by atoms with Gasteiger partial charge in [-0.2, -0.15) is 0 Å². The Hall–Kier alpha value is -1.75. The molecule has 1 fully saturated rings. The van der Waals surface area contributed by atoms with Crippen molar-refractivity contribution in [3.05, 3.63) is 23.8 Å². The zero-order valence-corrected chi connectivity index (χ0v) is 11.9. The summed E-state index contributed by atoms with van der Waals surface area (Å²) in [5.41, 5.74) is 6.51. The average Bonchev–Trinajstić information content (AvgIpc) is 2.96. The van der Waals surface area contributed by atoms with Crippen LogP contribution in [0, 0.1) is 0 Å². The highest BCUT2D eigenvalue weighted by Crippen LogP contribution is 2.25. The molecule has 1 aromatic carbocycles. The molecule has 5 nitrogen and oxygen atoms in total. The summed E-state index contributed by atoms with van der Waals surface area (Å²) < 4.78 is 10.4.